The van der Waals surface area contributed by atoms with E-state index in [0.717, 1.165) is 38.0 Å². The van der Waals surface area contributed by atoms with Crippen molar-refractivity contribution in [3.8, 4) is 5.75 Å². The van der Waals surface area contributed by atoms with Gasteiger partial charge in [0, 0.05) is 13.1 Å². The SMILES string of the molecule is C[C@H](C(=O)NC(=O)[C@@H](N)Cc1ccc(O)cc1)N(CCCc1ccccc1)CCN(C)C.Cl.Cl. The number of benzene rings is 2. The number of hydrogen-bond donors (Lipinski definition) is 3. The van der Waals surface area contributed by atoms with Gasteiger partial charge in [0.1, 0.15) is 5.75 Å². The van der Waals surface area contributed by atoms with Crippen LogP contribution in [0.5, 0.6) is 5.75 Å². The van der Waals surface area contributed by atoms with Gasteiger partial charge in [-0.2, -0.15) is 0 Å². The molecule has 0 aromatic heterocycles. The third kappa shape index (κ3) is 11.3. The van der Waals surface area contributed by atoms with Crippen molar-refractivity contribution < 1.29 is 14.7 Å². The minimum atomic E-state index is -0.844. The number of nitrogens with zero attached hydrogens (tertiary/aromatic N) is 2. The summed E-state index contributed by atoms with van der Waals surface area (Å²) in [5.74, 6) is -0.678. The fraction of sp³-hybridized carbons (Fsp3) is 0.440. The number of imide groups is 1. The zero-order valence-electron chi connectivity index (χ0n) is 20.1. The van der Waals surface area contributed by atoms with Gasteiger partial charge in [-0.15, -0.1) is 24.8 Å². The van der Waals surface area contributed by atoms with E-state index >= 15 is 0 Å². The molecule has 0 aliphatic heterocycles. The van der Waals surface area contributed by atoms with E-state index in [0.29, 0.717) is 0 Å². The van der Waals surface area contributed by atoms with E-state index in [-0.39, 0.29) is 42.9 Å². The maximum absolute atomic E-state index is 12.8. The topological polar surface area (TPSA) is 98.9 Å². The molecular weight excluding hydrogens is 475 g/mol. The van der Waals surface area contributed by atoms with Gasteiger partial charge in [-0.3, -0.25) is 19.8 Å². The normalized spacial score (nSPS) is 12.4. The summed E-state index contributed by atoms with van der Waals surface area (Å²) in [5.41, 5.74) is 8.10. The molecule has 0 saturated heterocycles. The van der Waals surface area contributed by atoms with Crippen molar-refractivity contribution >= 4 is 36.6 Å². The Hall–Kier alpha value is -2.16. The molecule has 9 heteroatoms. The van der Waals surface area contributed by atoms with Crippen LogP contribution in [-0.4, -0.2) is 72.5 Å². The lowest BCUT2D eigenvalue weighted by Crippen LogP contribution is -2.52. The predicted octanol–water partition coefficient (Wildman–Crippen LogP) is 2.63. The van der Waals surface area contributed by atoms with Gasteiger partial charge in [-0.05, 0) is 70.1 Å². The first-order valence-corrected chi connectivity index (χ1v) is 11.1. The number of nitrogens with two attached hydrogens (primary N) is 1. The number of aryl methyl sites for hydroxylation is 1. The summed E-state index contributed by atoms with van der Waals surface area (Å²) in [5, 5.41) is 11.9. The van der Waals surface area contributed by atoms with Crippen molar-refractivity contribution in [1.82, 2.24) is 15.1 Å². The molecule has 0 heterocycles. The molecular formula is C25H38Cl2N4O3. The summed E-state index contributed by atoms with van der Waals surface area (Å²) < 4.78 is 0. The summed E-state index contributed by atoms with van der Waals surface area (Å²) in [6.07, 6.45) is 2.14. The second-order valence-corrected chi connectivity index (χ2v) is 8.43. The third-order valence-electron chi connectivity index (χ3n) is 5.49. The molecule has 34 heavy (non-hydrogen) atoms. The van der Waals surface area contributed by atoms with Crippen molar-refractivity contribution in [3.05, 3.63) is 65.7 Å². The quantitative estimate of drug-likeness (QED) is 0.404. The Morgan fingerprint density at radius 1 is 0.912 bits per heavy atom. The molecule has 190 valence electrons. The highest BCUT2D eigenvalue weighted by Gasteiger charge is 2.25. The number of aromatic hydroxyl groups is 1. The van der Waals surface area contributed by atoms with E-state index < -0.39 is 18.0 Å². The van der Waals surface area contributed by atoms with Gasteiger partial charge in [0.25, 0.3) is 0 Å². The zero-order valence-corrected chi connectivity index (χ0v) is 21.8. The van der Waals surface area contributed by atoms with Crippen LogP contribution >= 0.6 is 24.8 Å². The van der Waals surface area contributed by atoms with Crippen molar-refractivity contribution in [2.24, 2.45) is 5.73 Å². The van der Waals surface area contributed by atoms with E-state index in [1.807, 2.05) is 39.2 Å². The molecule has 0 saturated carbocycles. The largest absolute Gasteiger partial charge is 0.508 e. The second kappa shape index (κ2) is 16.5. The molecule has 0 aliphatic carbocycles. The van der Waals surface area contributed by atoms with Gasteiger partial charge < -0.3 is 15.7 Å². The minimum Gasteiger partial charge on any atom is -0.508 e. The Morgan fingerprint density at radius 2 is 1.53 bits per heavy atom. The smallest absolute Gasteiger partial charge is 0.243 e. The number of phenols is 1. The Labute approximate surface area is 215 Å². The maximum Gasteiger partial charge on any atom is 0.243 e. The summed E-state index contributed by atoms with van der Waals surface area (Å²) in [4.78, 5) is 29.5. The Morgan fingerprint density at radius 3 is 2.12 bits per heavy atom. The lowest BCUT2D eigenvalue weighted by Gasteiger charge is -2.29. The van der Waals surface area contributed by atoms with Crippen LogP contribution in [0.1, 0.15) is 24.5 Å². The zero-order chi connectivity index (χ0) is 23.5. The van der Waals surface area contributed by atoms with Crippen LogP contribution < -0.4 is 11.1 Å². The molecule has 2 rings (SSSR count). The molecule has 0 radical (unpaired) electrons. The first kappa shape index (κ1) is 31.8. The van der Waals surface area contributed by atoms with Crippen molar-refractivity contribution in [3.63, 3.8) is 0 Å². The maximum atomic E-state index is 12.8. The van der Waals surface area contributed by atoms with Crippen molar-refractivity contribution in [2.75, 3.05) is 33.7 Å². The fourth-order valence-corrected chi connectivity index (χ4v) is 3.42. The summed E-state index contributed by atoms with van der Waals surface area (Å²) in [7, 11) is 4.00. The molecule has 4 N–H and O–H groups in total. The third-order valence-corrected chi connectivity index (χ3v) is 5.49. The molecule has 2 atom stereocenters. The van der Waals surface area contributed by atoms with E-state index in [4.69, 9.17) is 5.73 Å². The molecule has 2 aromatic carbocycles. The summed E-state index contributed by atoms with van der Waals surface area (Å²) >= 11 is 0. The van der Waals surface area contributed by atoms with Crippen LogP contribution in [0.4, 0.5) is 0 Å². The number of carbonyl (C=O) groups excluding carboxylic acids is 2. The Kier molecular flexibility index (Phi) is 15.4. The van der Waals surface area contributed by atoms with Gasteiger partial charge in [0.05, 0.1) is 12.1 Å². The van der Waals surface area contributed by atoms with Gasteiger partial charge in [-0.25, -0.2) is 0 Å². The Bertz CT molecular complexity index is 851. The highest BCUT2D eigenvalue weighted by Crippen LogP contribution is 2.11. The monoisotopic (exact) mass is 512 g/mol. The number of phenolic OH excluding ortho intramolecular Hbond substituents is 1. The summed E-state index contributed by atoms with van der Waals surface area (Å²) in [6, 6.07) is 15.5. The standard InChI is InChI=1S/C25H36N4O3.2ClH/c1-19(24(31)27-25(32)23(26)18-21-11-13-22(30)14-12-21)29(17-16-28(2)3)15-7-10-20-8-5-4-6-9-20;;/h4-6,8-9,11-14,19,23,30H,7,10,15-18,26H2,1-3H3,(H,27,31,32);2*1H/t19-,23+;;/m1../s1. The lowest BCUT2D eigenvalue weighted by molar-refractivity contribution is -0.134. The van der Waals surface area contributed by atoms with E-state index in [1.165, 1.54) is 5.56 Å². The molecule has 7 nitrogen and oxygen atoms in total. The average Bonchev–Trinajstić information content (AvgIpc) is 2.77. The van der Waals surface area contributed by atoms with Crippen molar-refractivity contribution in [2.45, 2.75) is 38.3 Å². The molecule has 0 fully saturated rings. The lowest BCUT2D eigenvalue weighted by atomic mass is 10.1. The Balaban J connectivity index is 0.00000544. The van der Waals surface area contributed by atoms with Crippen LogP contribution in [0, 0.1) is 0 Å². The fourth-order valence-electron chi connectivity index (χ4n) is 3.42. The van der Waals surface area contributed by atoms with Crippen LogP contribution in [-0.2, 0) is 22.4 Å². The van der Waals surface area contributed by atoms with E-state index in [2.05, 4.69) is 27.2 Å². The highest BCUT2D eigenvalue weighted by molar-refractivity contribution is 5.99. The molecule has 2 aromatic rings. The predicted molar refractivity (Wildman–Crippen MR) is 142 cm³/mol. The molecule has 0 unspecified atom stereocenters. The second-order valence-electron chi connectivity index (χ2n) is 8.43. The van der Waals surface area contributed by atoms with Gasteiger partial charge in [0.15, 0.2) is 0 Å². The highest BCUT2D eigenvalue weighted by atomic mass is 35.5. The summed E-state index contributed by atoms with van der Waals surface area (Å²) in [6.45, 7) is 4.12. The number of rotatable bonds is 12. The molecule has 0 bridgehead atoms. The van der Waals surface area contributed by atoms with E-state index in [9.17, 15) is 14.7 Å². The molecule has 2 amide bonds. The van der Waals surface area contributed by atoms with Gasteiger partial charge in [-0.1, -0.05) is 42.5 Å². The van der Waals surface area contributed by atoms with Gasteiger partial charge >= 0.3 is 0 Å². The first-order chi connectivity index (χ1) is 15.3. The van der Waals surface area contributed by atoms with Crippen LogP contribution in [0.25, 0.3) is 0 Å². The number of carbonyl (C=O) groups is 2. The van der Waals surface area contributed by atoms with Gasteiger partial charge in [0.2, 0.25) is 11.8 Å². The number of hydrogen-bond acceptors (Lipinski definition) is 6. The molecule has 0 spiro atoms. The van der Waals surface area contributed by atoms with Crippen LogP contribution in [0.2, 0.25) is 0 Å². The number of likely N-dealkylation sites (N-methyl/N-ethyl adjacent to an activating group) is 1. The number of halogens is 2. The molecule has 0 aliphatic rings. The average molecular weight is 514 g/mol. The van der Waals surface area contributed by atoms with Crippen LogP contribution in [0.15, 0.2) is 54.6 Å². The first-order valence-electron chi connectivity index (χ1n) is 11.1. The minimum absolute atomic E-state index is 0. The number of amides is 2. The van der Waals surface area contributed by atoms with E-state index in [1.54, 1.807) is 24.3 Å². The van der Waals surface area contributed by atoms with Crippen LogP contribution in [0.3, 0.4) is 0 Å². The number of nitrogens with one attached hydrogen (secondary N) is 1. The van der Waals surface area contributed by atoms with Crippen molar-refractivity contribution in [1.29, 1.82) is 0 Å².